The van der Waals surface area contributed by atoms with Gasteiger partial charge < -0.3 is 20.6 Å². The highest BCUT2D eigenvalue weighted by atomic mass is 19.1. The number of fused-ring (bicyclic) bond motifs is 1. The molecule has 2 heterocycles. The van der Waals surface area contributed by atoms with Crippen molar-refractivity contribution in [2.24, 2.45) is 11.3 Å². The molecular weight excluding hydrogens is 525 g/mol. The summed E-state index contributed by atoms with van der Waals surface area (Å²) in [7, 11) is 0. The van der Waals surface area contributed by atoms with Crippen LogP contribution in [-0.2, 0) is 16.1 Å². The third-order valence-corrected chi connectivity index (χ3v) is 8.05. The van der Waals surface area contributed by atoms with Crippen molar-refractivity contribution in [2.75, 3.05) is 19.6 Å². The standard InChI is InChI=1S/C31H38FN5O4/c1-30(2,3)26(29(40)36-16-14-31(41,15-17-36)19-33-27(38)21-10-11-21)34-28(39)25-23-6-4-5-7-24(23)37(35-25)18-20-8-12-22(32)13-9-20/h4-9,12-13,21,26,41H,10-11,14-19H2,1-3H3,(H,33,38)(H,34,39)/t26-/m1/s1. The van der Waals surface area contributed by atoms with Gasteiger partial charge in [-0.25, -0.2) is 4.39 Å². The van der Waals surface area contributed by atoms with E-state index in [0.29, 0.717) is 37.9 Å². The van der Waals surface area contributed by atoms with Crippen LogP contribution >= 0.6 is 0 Å². The van der Waals surface area contributed by atoms with Gasteiger partial charge in [-0.2, -0.15) is 5.10 Å². The van der Waals surface area contributed by atoms with Gasteiger partial charge in [0.2, 0.25) is 11.8 Å². The van der Waals surface area contributed by atoms with E-state index in [1.54, 1.807) is 21.7 Å². The molecule has 2 aromatic carbocycles. The highest BCUT2D eigenvalue weighted by Crippen LogP contribution is 2.30. The number of hydrogen-bond donors (Lipinski definition) is 3. The average Bonchev–Trinajstić information content (AvgIpc) is 3.73. The molecule has 1 aliphatic heterocycles. The fourth-order valence-corrected chi connectivity index (χ4v) is 5.27. The van der Waals surface area contributed by atoms with Crippen LogP contribution in [0.2, 0.25) is 0 Å². The van der Waals surface area contributed by atoms with Crippen LogP contribution in [0.25, 0.3) is 10.9 Å². The highest BCUT2D eigenvalue weighted by molar-refractivity contribution is 6.06. The van der Waals surface area contributed by atoms with Gasteiger partial charge in [0.15, 0.2) is 5.69 Å². The lowest BCUT2D eigenvalue weighted by atomic mass is 9.84. The van der Waals surface area contributed by atoms with Crippen molar-refractivity contribution in [1.29, 1.82) is 0 Å². The largest absolute Gasteiger partial charge is 0.388 e. The Hall–Kier alpha value is -3.79. The minimum absolute atomic E-state index is 0.0138. The lowest BCUT2D eigenvalue weighted by Crippen LogP contribution is -2.58. The molecule has 0 spiro atoms. The molecule has 218 valence electrons. The molecule has 3 amide bonds. The van der Waals surface area contributed by atoms with E-state index in [0.717, 1.165) is 23.9 Å². The van der Waals surface area contributed by atoms with Crippen LogP contribution in [0.4, 0.5) is 4.39 Å². The van der Waals surface area contributed by atoms with Crippen LogP contribution in [0.5, 0.6) is 0 Å². The van der Waals surface area contributed by atoms with E-state index in [2.05, 4.69) is 15.7 Å². The second kappa shape index (κ2) is 11.2. The van der Waals surface area contributed by atoms with Crippen molar-refractivity contribution >= 4 is 28.6 Å². The number of hydrogen-bond acceptors (Lipinski definition) is 5. The maximum Gasteiger partial charge on any atom is 0.273 e. The van der Waals surface area contributed by atoms with Gasteiger partial charge in [0.1, 0.15) is 11.9 Å². The minimum atomic E-state index is -1.06. The van der Waals surface area contributed by atoms with Crippen LogP contribution in [0.15, 0.2) is 48.5 Å². The van der Waals surface area contributed by atoms with Crippen molar-refractivity contribution < 1.29 is 23.9 Å². The molecule has 1 saturated carbocycles. The van der Waals surface area contributed by atoms with Crippen molar-refractivity contribution in [2.45, 2.75) is 64.6 Å². The number of piperidine rings is 1. The van der Waals surface area contributed by atoms with Crippen LogP contribution in [0, 0.1) is 17.2 Å². The molecule has 1 saturated heterocycles. The Morgan fingerprint density at radius 2 is 1.73 bits per heavy atom. The number of amides is 3. The Balaban J connectivity index is 1.29. The summed E-state index contributed by atoms with van der Waals surface area (Å²) < 4.78 is 15.1. The molecule has 1 aromatic heterocycles. The first-order chi connectivity index (χ1) is 19.4. The van der Waals surface area contributed by atoms with Gasteiger partial charge in [-0.3, -0.25) is 19.1 Å². The zero-order valence-corrected chi connectivity index (χ0v) is 23.8. The lowest BCUT2D eigenvalue weighted by Gasteiger charge is -2.41. The smallest absolute Gasteiger partial charge is 0.273 e. The SMILES string of the molecule is CC(C)(C)[C@H](NC(=O)c1nn(Cc2ccc(F)cc2)c2ccccc12)C(=O)N1CCC(O)(CNC(=O)C2CC2)CC1. The number of aromatic nitrogens is 2. The first kappa shape index (κ1) is 28.7. The normalized spacial score (nSPS) is 17.7. The zero-order chi connectivity index (χ0) is 29.4. The van der Waals surface area contributed by atoms with E-state index in [1.165, 1.54) is 12.1 Å². The number of para-hydroxylation sites is 1. The molecule has 0 unspecified atom stereocenters. The highest BCUT2D eigenvalue weighted by Gasteiger charge is 2.41. The molecule has 10 heteroatoms. The number of benzene rings is 2. The molecule has 2 aliphatic rings. The van der Waals surface area contributed by atoms with E-state index in [-0.39, 0.29) is 35.8 Å². The third-order valence-electron chi connectivity index (χ3n) is 8.05. The summed E-state index contributed by atoms with van der Waals surface area (Å²) in [6, 6.07) is 12.7. The first-order valence-corrected chi connectivity index (χ1v) is 14.2. The van der Waals surface area contributed by atoms with Gasteiger partial charge in [-0.1, -0.05) is 51.1 Å². The Morgan fingerprint density at radius 3 is 2.37 bits per heavy atom. The minimum Gasteiger partial charge on any atom is -0.388 e. The summed E-state index contributed by atoms with van der Waals surface area (Å²) >= 11 is 0. The molecular formula is C31H38FN5O4. The fraction of sp³-hybridized carbons (Fsp3) is 0.484. The molecule has 9 nitrogen and oxygen atoms in total. The number of nitrogens with one attached hydrogen (secondary N) is 2. The van der Waals surface area contributed by atoms with Gasteiger partial charge in [0, 0.05) is 30.9 Å². The number of halogens is 1. The average molecular weight is 564 g/mol. The molecule has 3 aromatic rings. The first-order valence-electron chi connectivity index (χ1n) is 14.2. The number of rotatable bonds is 8. The van der Waals surface area contributed by atoms with Gasteiger partial charge >= 0.3 is 0 Å². The van der Waals surface area contributed by atoms with Crippen molar-refractivity contribution in [1.82, 2.24) is 25.3 Å². The van der Waals surface area contributed by atoms with Crippen LogP contribution in [0.3, 0.4) is 0 Å². The van der Waals surface area contributed by atoms with Crippen LogP contribution in [0.1, 0.15) is 62.5 Å². The van der Waals surface area contributed by atoms with E-state index >= 15 is 0 Å². The van der Waals surface area contributed by atoms with E-state index in [4.69, 9.17) is 0 Å². The molecule has 1 aliphatic carbocycles. The monoisotopic (exact) mass is 563 g/mol. The molecule has 1 atom stereocenters. The number of likely N-dealkylation sites (tertiary alicyclic amines) is 1. The van der Waals surface area contributed by atoms with Crippen molar-refractivity contribution in [3.8, 4) is 0 Å². The quantitative estimate of drug-likeness (QED) is 0.389. The van der Waals surface area contributed by atoms with E-state index < -0.39 is 23.0 Å². The second-order valence-corrected chi connectivity index (χ2v) is 12.5. The maximum absolute atomic E-state index is 13.7. The van der Waals surface area contributed by atoms with Crippen molar-refractivity contribution in [3.05, 3.63) is 65.6 Å². The molecule has 2 fully saturated rings. The predicted octanol–water partition coefficient (Wildman–Crippen LogP) is 3.25. The summed E-state index contributed by atoms with van der Waals surface area (Å²) in [6.45, 7) is 6.88. The Labute approximate surface area is 239 Å². The van der Waals surface area contributed by atoms with Gasteiger partial charge in [0.25, 0.3) is 5.91 Å². The van der Waals surface area contributed by atoms with E-state index in [9.17, 15) is 23.9 Å². The van der Waals surface area contributed by atoms with Gasteiger partial charge in [-0.05, 0) is 54.9 Å². The van der Waals surface area contributed by atoms with Crippen molar-refractivity contribution in [3.63, 3.8) is 0 Å². The summed E-state index contributed by atoms with van der Waals surface area (Å²) in [6.07, 6.45) is 2.48. The molecule has 0 radical (unpaired) electrons. The summed E-state index contributed by atoms with van der Waals surface area (Å²) in [5.74, 6) is -0.938. The molecule has 5 rings (SSSR count). The molecule has 3 N–H and O–H groups in total. The predicted molar refractivity (Wildman–Crippen MR) is 152 cm³/mol. The third kappa shape index (κ3) is 6.59. The number of carbonyl (C=O) groups is 3. The topological polar surface area (TPSA) is 117 Å². The zero-order valence-electron chi connectivity index (χ0n) is 23.8. The van der Waals surface area contributed by atoms with E-state index in [1.807, 2.05) is 45.0 Å². The van der Waals surface area contributed by atoms with Crippen LogP contribution < -0.4 is 10.6 Å². The Bertz CT molecular complexity index is 1430. The van der Waals surface area contributed by atoms with Crippen LogP contribution in [-0.4, -0.2) is 68.8 Å². The summed E-state index contributed by atoms with van der Waals surface area (Å²) in [5, 5.41) is 22.0. The maximum atomic E-state index is 13.7. The number of aliphatic hydroxyl groups is 1. The molecule has 0 bridgehead atoms. The Morgan fingerprint density at radius 1 is 1.07 bits per heavy atom. The Kier molecular flexibility index (Phi) is 7.87. The molecule has 41 heavy (non-hydrogen) atoms. The van der Waals surface area contributed by atoms with Gasteiger partial charge in [-0.15, -0.1) is 0 Å². The fourth-order valence-electron chi connectivity index (χ4n) is 5.27. The summed E-state index contributed by atoms with van der Waals surface area (Å²) in [4.78, 5) is 41.1. The lowest BCUT2D eigenvalue weighted by molar-refractivity contribution is -0.140. The van der Waals surface area contributed by atoms with Gasteiger partial charge in [0.05, 0.1) is 17.7 Å². The number of carbonyl (C=O) groups excluding carboxylic acids is 3. The summed E-state index contributed by atoms with van der Waals surface area (Å²) in [5.41, 5.74) is 0.156. The number of nitrogens with zero attached hydrogens (tertiary/aromatic N) is 3. The second-order valence-electron chi connectivity index (χ2n) is 12.5.